The van der Waals surface area contributed by atoms with E-state index >= 15 is 0 Å². The van der Waals surface area contributed by atoms with Gasteiger partial charge in [-0.3, -0.25) is 0 Å². The Morgan fingerprint density at radius 3 is 2.78 bits per heavy atom. The first-order valence-corrected chi connectivity index (χ1v) is 7.53. The molecule has 0 bridgehead atoms. The third kappa shape index (κ3) is 2.84. The van der Waals surface area contributed by atoms with Gasteiger partial charge in [0.2, 0.25) is 0 Å². The van der Waals surface area contributed by atoms with E-state index < -0.39 is 0 Å². The molecule has 1 aliphatic rings. The summed E-state index contributed by atoms with van der Waals surface area (Å²) in [5.41, 5.74) is 2.35. The van der Waals surface area contributed by atoms with Crippen molar-refractivity contribution in [2.75, 3.05) is 0 Å². The van der Waals surface area contributed by atoms with Crippen LogP contribution in [0.2, 0.25) is 0 Å². The average molecular weight is 371 g/mol. The fraction of sp³-hybridized carbons (Fsp3) is 0.308. The molecule has 0 spiro atoms. The van der Waals surface area contributed by atoms with Crippen LogP contribution in [-0.2, 0) is 6.54 Å². The second-order valence-electron chi connectivity index (χ2n) is 4.54. The van der Waals surface area contributed by atoms with E-state index in [0.29, 0.717) is 0 Å². The van der Waals surface area contributed by atoms with Crippen LogP contribution in [0.15, 0.2) is 39.5 Å². The molecule has 5 heteroatoms. The lowest BCUT2D eigenvalue weighted by Gasteiger charge is -2.08. The summed E-state index contributed by atoms with van der Waals surface area (Å²) in [6, 6.07) is 7.13. The summed E-state index contributed by atoms with van der Waals surface area (Å²) >= 11 is 7.02. The van der Waals surface area contributed by atoms with Crippen molar-refractivity contribution in [2.45, 2.75) is 25.4 Å². The second-order valence-corrected chi connectivity index (χ2v) is 6.31. The summed E-state index contributed by atoms with van der Waals surface area (Å²) in [4.78, 5) is 0. The first kappa shape index (κ1) is 12.4. The van der Waals surface area contributed by atoms with E-state index in [2.05, 4.69) is 60.5 Å². The van der Waals surface area contributed by atoms with E-state index in [1.54, 1.807) is 6.20 Å². The molecule has 18 heavy (non-hydrogen) atoms. The molecule has 0 amide bonds. The van der Waals surface area contributed by atoms with Crippen LogP contribution in [0.1, 0.15) is 18.4 Å². The molecule has 1 aromatic carbocycles. The maximum Gasteiger partial charge on any atom is 0.0788 e. The van der Waals surface area contributed by atoms with Crippen molar-refractivity contribution in [3.05, 3.63) is 45.1 Å². The van der Waals surface area contributed by atoms with Crippen LogP contribution in [0.25, 0.3) is 5.69 Å². The zero-order valence-electron chi connectivity index (χ0n) is 9.74. The van der Waals surface area contributed by atoms with Gasteiger partial charge in [-0.2, -0.15) is 5.10 Å². The maximum absolute atomic E-state index is 4.28. The van der Waals surface area contributed by atoms with Gasteiger partial charge < -0.3 is 5.32 Å². The summed E-state index contributed by atoms with van der Waals surface area (Å²) in [5.74, 6) is 0. The first-order valence-electron chi connectivity index (χ1n) is 5.95. The lowest BCUT2D eigenvalue weighted by atomic mass is 10.2. The van der Waals surface area contributed by atoms with E-state index in [-0.39, 0.29) is 0 Å². The predicted molar refractivity (Wildman–Crippen MR) is 78.8 cm³/mol. The van der Waals surface area contributed by atoms with E-state index in [1.165, 1.54) is 18.4 Å². The summed E-state index contributed by atoms with van der Waals surface area (Å²) < 4.78 is 3.90. The number of hydrogen-bond acceptors (Lipinski definition) is 2. The van der Waals surface area contributed by atoms with Crippen molar-refractivity contribution in [3.63, 3.8) is 0 Å². The van der Waals surface area contributed by atoms with Crippen LogP contribution in [0, 0.1) is 0 Å². The monoisotopic (exact) mass is 369 g/mol. The van der Waals surface area contributed by atoms with Crippen molar-refractivity contribution in [3.8, 4) is 5.69 Å². The molecule has 1 saturated carbocycles. The molecular formula is C13H13Br2N3. The minimum absolute atomic E-state index is 0.741. The van der Waals surface area contributed by atoms with Crippen LogP contribution in [0.5, 0.6) is 0 Å². The van der Waals surface area contributed by atoms with Gasteiger partial charge in [0.25, 0.3) is 0 Å². The van der Waals surface area contributed by atoms with Gasteiger partial charge >= 0.3 is 0 Å². The highest BCUT2D eigenvalue weighted by molar-refractivity contribution is 9.10. The van der Waals surface area contributed by atoms with Crippen LogP contribution >= 0.6 is 31.9 Å². The number of nitrogens with zero attached hydrogens (tertiary/aromatic N) is 2. The van der Waals surface area contributed by atoms with Crippen LogP contribution < -0.4 is 5.32 Å². The lowest BCUT2D eigenvalue weighted by Crippen LogP contribution is -2.15. The summed E-state index contributed by atoms with van der Waals surface area (Å²) in [7, 11) is 0. The molecule has 0 radical (unpaired) electrons. The molecule has 1 N–H and O–H groups in total. The van der Waals surface area contributed by atoms with Crippen molar-refractivity contribution >= 4 is 31.9 Å². The van der Waals surface area contributed by atoms with Crippen molar-refractivity contribution in [1.29, 1.82) is 0 Å². The van der Waals surface area contributed by atoms with Crippen molar-refractivity contribution in [2.24, 2.45) is 0 Å². The smallest absolute Gasteiger partial charge is 0.0788 e. The number of nitrogens with one attached hydrogen (secondary N) is 1. The Morgan fingerprint density at radius 1 is 1.33 bits per heavy atom. The summed E-state index contributed by atoms with van der Waals surface area (Å²) in [6.45, 7) is 0.937. The average Bonchev–Trinajstić information content (AvgIpc) is 3.09. The Kier molecular flexibility index (Phi) is 3.54. The molecule has 0 atom stereocenters. The predicted octanol–water partition coefficient (Wildman–Crippen LogP) is 3.65. The third-order valence-corrected chi connectivity index (χ3v) is 4.03. The highest BCUT2D eigenvalue weighted by Gasteiger charge is 2.20. The first-order chi connectivity index (χ1) is 8.72. The number of benzene rings is 1. The molecule has 3 nitrogen and oxygen atoms in total. The molecule has 0 aliphatic heterocycles. The highest BCUT2D eigenvalue weighted by atomic mass is 79.9. The maximum atomic E-state index is 4.28. The van der Waals surface area contributed by atoms with Crippen LogP contribution in [-0.4, -0.2) is 15.8 Å². The van der Waals surface area contributed by atoms with Gasteiger partial charge in [0.05, 0.1) is 16.4 Å². The Balaban J connectivity index is 1.79. The Morgan fingerprint density at radius 2 is 2.17 bits per heavy atom. The Hall–Kier alpha value is -0.650. The molecule has 1 aliphatic carbocycles. The number of halogens is 2. The van der Waals surface area contributed by atoms with E-state index in [9.17, 15) is 0 Å². The fourth-order valence-electron chi connectivity index (χ4n) is 1.83. The molecular weight excluding hydrogens is 358 g/mol. The van der Waals surface area contributed by atoms with E-state index in [1.807, 2.05) is 10.9 Å². The van der Waals surface area contributed by atoms with E-state index in [0.717, 1.165) is 27.2 Å². The zero-order valence-corrected chi connectivity index (χ0v) is 12.9. The molecule has 0 unspecified atom stereocenters. The van der Waals surface area contributed by atoms with Gasteiger partial charge in [0.15, 0.2) is 0 Å². The lowest BCUT2D eigenvalue weighted by molar-refractivity contribution is 0.687. The molecule has 94 valence electrons. The summed E-state index contributed by atoms with van der Waals surface area (Å²) in [6.07, 6.45) is 6.37. The zero-order chi connectivity index (χ0) is 12.5. The molecule has 1 heterocycles. The third-order valence-electron chi connectivity index (χ3n) is 2.98. The summed E-state index contributed by atoms with van der Waals surface area (Å²) in [5, 5.41) is 7.80. The molecule has 2 aromatic rings. The topological polar surface area (TPSA) is 29.9 Å². The Labute approximate surface area is 123 Å². The number of hydrogen-bond donors (Lipinski definition) is 1. The second kappa shape index (κ2) is 5.15. The van der Waals surface area contributed by atoms with Gasteiger partial charge in [-0.25, -0.2) is 4.68 Å². The SMILES string of the molecule is Brc1cnn(-c2ccc(CNC3CC3)cc2Br)c1. The van der Waals surface area contributed by atoms with E-state index in [4.69, 9.17) is 0 Å². The Bertz CT molecular complexity index is 561. The molecule has 0 saturated heterocycles. The normalized spacial score (nSPS) is 15.0. The van der Waals surface area contributed by atoms with Crippen LogP contribution in [0.3, 0.4) is 0 Å². The quantitative estimate of drug-likeness (QED) is 0.890. The van der Waals surface area contributed by atoms with Crippen molar-refractivity contribution in [1.82, 2.24) is 15.1 Å². The van der Waals surface area contributed by atoms with Gasteiger partial charge in [-0.05, 0) is 62.4 Å². The van der Waals surface area contributed by atoms with Gasteiger partial charge in [-0.1, -0.05) is 6.07 Å². The molecule has 1 aromatic heterocycles. The fourth-order valence-corrected chi connectivity index (χ4v) is 2.72. The van der Waals surface area contributed by atoms with Crippen molar-refractivity contribution < 1.29 is 0 Å². The molecule has 3 rings (SSSR count). The molecule has 1 fully saturated rings. The van der Waals surface area contributed by atoms with Gasteiger partial charge in [0, 0.05) is 23.3 Å². The number of rotatable bonds is 4. The highest BCUT2D eigenvalue weighted by Crippen LogP contribution is 2.24. The van der Waals surface area contributed by atoms with Crippen LogP contribution in [0.4, 0.5) is 0 Å². The minimum atomic E-state index is 0.741. The number of aromatic nitrogens is 2. The minimum Gasteiger partial charge on any atom is -0.310 e. The largest absolute Gasteiger partial charge is 0.310 e. The van der Waals surface area contributed by atoms with Gasteiger partial charge in [-0.15, -0.1) is 0 Å². The standard InChI is InChI=1S/C13H13Br2N3/c14-10-7-17-18(8-10)13-4-1-9(5-12(13)15)6-16-11-2-3-11/h1,4-5,7-8,11,16H,2-3,6H2. The van der Waals surface area contributed by atoms with Gasteiger partial charge in [0.1, 0.15) is 0 Å².